The van der Waals surface area contributed by atoms with Crippen molar-refractivity contribution in [3.8, 4) is 33.6 Å². The van der Waals surface area contributed by atoms with Gasteiger partial charge in [-0.3, -0.25) is 9.69 Å². The molecule has 300 valence electrons. The zero-order valence-electron chi connectivity index (χ0n) is 33.7. The number of benzene rings is 3. The first-order chi connectivity index (χ1) is 27.6. The van der Waals surface area contributed by atoms with Gasteiger partial charge in [-0.2, -0.15) is 0 Å². The molecule has 2 fully saturated rings. The SMILES string of the molecule is COC(=O)NC(CN1CCCC1c1ncc(-c2ccc(-c3ccc(-c4cnc(C5CCCN5C(=O)C(NC(=O)OC)C(C)C)[nH]4)cc3)c3ccccc23)[nH]1)C(C)C. The van der Waals surface area contributed by atoms with Crippen molar-refractivity contribution in [3.05, 3.63) is 84.7 Å². The average molecular weight is 775 g/mol. The molecule has 0 aliphatic carbocycles. The number of imidazole rings is 2. The van der Waals surface area contributed by atoms with Gasteiger partial charge >= 0.3 is 12.2 Å². The molecule has 4 unspecified atom stereocenters. The Morgan fingerprint density at radius 2 is 1.30 bits per heavy atom. The van der Waals surface area contributed by atoms with Crippen LogP contribution in [0.1, 0.15) is 77.1 Å². The fourth-order valence-corrected chi connectivity index (χ4v) is 8.34. The number of likely N-dealkylation sites (tertiary alicyclic amines) is 2. The Kier molecular flexibility index (Phi) is 11.9. The first-order valence-electron chi connectivity index (χ1n) is 20.0. The topological polar surface area (TPSA) is 158 Å². The van der Waals surface area contributed by atoms with Crippen LogP contribution in [-0.2, 0) is 14.3 Å². The van der Waals surface area contributed by atoms with Crippen molar-refractivity contribution >= 4 is 28.9 Å². The lowest BCUT2D eigenvalue weighted by Crippen LogP contribution is -2.51. The van der Waals surface area contributed by atoms with Crippen LogP contribution in [-0.4, -0.2) is 93.8 Å². The molecule has 2 aliphatic heterocycles. The lowest BCUT2D eigenvalue weighted by atomic mass is 9.93. The molecule has 0 saturated carbocycles. The van der Waals surface area contributed by atoms with Gasteiger partial charge in [-0.25, -0.2) is 19.6 Å². The number of amides is 3. The van der Waals surface area contributed by atoms with Crippen LogP contribution >= 0.6 is 0 Å². The summed E-state index contributed by atoms with van der Waals surface area (Å²) in [7, 11) is 2.70. The summed E-state index contributed by atoms with van der Waals surface area (Å²) in [6.45, 7) is 10.3. The Morgan fingerprint density at radius 1 is 0.719 bits per heavy atom. The molecule has 4 heterocycles. The van der Waals surface area contributed by atoms with Crippen LogP contribution in [0, 0.1) is 11.8 Å². The van der Waals surface area contributed by atoms with Crippen LogP contribution in [0.25, 0.3) is 44.4 Å². The van der Waals surface area contributed by atoms with Crippen LogP contribution < -0.4 is 10.6 Å². The molecule has 4 N–H and O–H groups in total. The second kappa shape index (κ2) is 17.2. The second-order valence-electron chi connectivity index (χ2n) is 15.8. The molecular formula is C44H54N8O5. The molecule has 2 aromatic heterocycles. The van der Waals surface area contributed by atoms with Crippen molar-refractivity contribution in [2.75, 3.05) is 33.9 Å². The summed E-state index contributed by atoms with van der Waals surface area (Å²) in [6.07, 6.45) is 6.46. The lowest BCUT2D eigenvalue weighted by molar-refractivity contribution is -0.135. The van der Waals surface area contributed by atoms with Crippen molar-refractivity contribution in [1.29, 1.82) is 0 Å². The number of nitrogens with zero attached hydrogens (tertiary/aromatic N) is 4. The predicted molar refractivity (Wildman–Crippen MR) is 220 cm³/mol. The Labute approximate surface area is 333 Å². The average Bonchev–Trinajstić information content (AvgIpc) is 4.06. The molecule has 4 atom stereocenters. The second-order valence-corrected chi connectivity index (χ2v) is 15.8. The van der Waals surface area contributed by atoms with Gasteiger partial charge < -0.3 is 35.0 Å². The highest BCUT2D eigenvalue weighted by atomic mass is 16.5. The van der Waals surface area contributed by atoms with E-state index in [4.69, 9.17) is 19.4 Å². The van der Waals surface area contributed by atoms with Gasteiger partial charge in [-0.1, -0.05) is 88.4 Å². The van der Waals surface area contributed by atoms with E-state index in [9.17, 15) is 14.4 Å². The molecule has 0 bridgehead atoms. The molecule has 13 heteroatoms. The standard InChI is InChI=1S/C44H54N8O5/c1-26(2)36(49-43(54)56-5)25-51-21-9-13-37(51)40-46-24-35(48-40)33-20-19-30(31-11-7-8-12-32(31)33)28-15-17-29(18-16-28)34-23-45-41(47-34)38-14-10-22-52(38)42(53)39(27(3)4)50-44(55)57-6/h7-8,11-12,15-20,23-24,26-27,36-39H,9-10,13-14,21-22,25H2,1-6H3,(H,45,47)(H,46,48)(H,49,54)(H,50,55). The van der Waals surface area contributed by atoms with Crippen molar-refractivity contribution in [2.24, 2.45) is 11.8 Å². The normalized spacial score (nSPS) is 18.3. The highest BCUT2D eigenvalue weighted by Gasteiger charge is 2.37. The van der Waals surface area contributed by atoms with E-state index in [0.717, 1.165) is 94.8 Å². The van der Waals surface area contributed by atoms with Crippen LogP contribution in [0.15, 0.2) is 73.1 Å². The fourth-order valence-electron chi connectivity index (χ4n) is 8.34. The van der Waals surface area contributed by atoms with Gasteiger partial charge in [0, 0.05) is 24.7 Å². The van der Waals surface area contributed by atoms with E-state index in [1.807, 2.05) is 31.1 Å². The quantitative estimate of drug-likeness (QED) is 0.0999. The third-order valence-electron chi connectivity index (χ3n) is 11.6. The van der Waals surface area contributed by atoms with Crippen LogP contribution in [0.4, 0.5) is 9.59 Å². The highest BCUT2D eigenvalue weighted by Crippen LogP contribution is 2.38. The summed E-state index contributed by atoms with van der Waals surface area (Å²) in [5.74, 6) is 1.70. The van der Waals surface area contributed by atoms with Crippen molar-refractivity contribution < 1.29 is 23.9 Å². The summed E-state index contributed by atoms with van der Waals surface area (Å²) >= 11 is 0. The largest absolute Gasteiger partial charge is 0.453 e. The Balaban J connectivity index is 1.08. The maximum atomic E-state index is 13.6. The molecular weight excluding hydrogens is 721 g/mol. The molecule has 57 heavy (non-hydrogen) atoms. The van der Waals surface area contributed by atoms with Crippen LogP contribution in [0.5, 0.6) is 0 Å². The molecule has 13 nitrogen and oxygen atoms in total. The number of carbonyl (C=O) groups excluding carboxylic acids is 3. The third kappa shape index (κ3) is 8.39. The summed E-state index contributed by atoms with van der Waals surface area (Å²) in [4.78, 5) is 58.6. The summed E-state index contributed by atoms with van der Waals surface area (Å²) in [5, 5.41) is 8.00. The van der Waals surface area contributed by atoms with Crippen LogP contribution in [0.3, 0.4) is 0 Å². The van der Waals surface area contributed by atoms with Crippen LogP contribution in [0.2, 0.25) is 0 Å². The van der Waals surface area contributed by atoms with E-state index in [0.29, 0.717) is 6.54 Å². The first kappa shape index (κ1) is 39.5. The van der Waals surface area contributed by atoms with Crippen molar-refractivity contribution in [2.45, 2.75) is 77.5 Å². The number of ether oxygens (including phenoxy) is 2. The van der Waals surface area contributed by atoms with E-state index in [2.05, 4.69) is 100 Å². The summed E-state index contributed by atoms with van der Waals surface area (Å²) in [6, 6.07) is 20.5. The first-order valence-corrected chi connectivity index (χ1v) is 20.0. The minimum Gasteiger partial charge on any atom is -0.453 e. The molecule has 5 aromatic rings. The van der Waals surface area contributed by atoms with Gasteiger partial charge in [0.05, 0.1) is 50.1 Å². The van der Waals surface area contributed by atoms with Gasteiger partial charge in [0.1, 0.15) is 17.7 Å². The molecule has 0 spiro atoms. The summed E-state index contributed by atoms with van der Waals surface area (Å²) in [5.41, 5.74) is 6.16. The summed E-state index contributed by atoms with van der Waals surface area (Å²) < 4.78 is 9.67. The number of rotatable bonds is 12. The van der Waals surface area contributed by atoms with E-state index < -0.39 is 18.2 Å². The van der Waals surface area contributed by atoms with Gasteiger partial charge in [-0.15, -0.1) is 0 Å². The van der Waals surface area contributed by atoms with Gasteiger partial charge in [0.25, 0.3) is 0 Å². The minimum atomic E-state index is -0.683. The molecule has 3 aromatic carbocycles. The van der Waals surface area contributed by atoms with Crippen molar-refractivity contribution in [3.63, 3.8) is 0 Å². The number of hydrogen-bond donors (Lipinski definition) is 4. The molecule has 0 radical (unpaired) electrons. The highest BCUT2D eigenvalue weighted by molar-refractivity contribution is 6.04. The number of hydrogen-bond acceptors (Lipinski definition) is 8. The molecule has 2 saturated heterocycles. The zero-order valence-corrected chi connectivity index (χ0v) is 33.7. The maximum Gasteiger partial charge on any atom is 0.407 e. The lowest BCUT2D eigenvalue weighted by Gasteiger charge is -2.30. The van der Waals surface area contributed by atoms with E-state index in [1.165, 1.54) is 14.2 Å². The number of aromatic nitrogens is 4. The van der Waals surface area contributed by atoms with Crippen molar-refractivity contribution in [1.82, 2.24) is 40.4 Å². The number of aromatic amines is 2. The third-order valence-corrected chi connectivity index (χ3v) is 11.6. The molecule has 7 rings (SSSR count). The zero-order chi connectivity index (χ0) is 40.2. The number of alkyl carbamates (subject to hydrolysis) is 2. The molecule has 2 aliphatic rings. The number of methoxy groups -OCH3 is 2. The fraction of sp³-hybridized carbons (Fsp3) is 0.432. The Hall–Kier alpha value is -5.69. The number of fused-ring (bicyclic) bond motifs is 1. The number of carbonyl (C=O) groups is 3. The van der Waals surface area contributed by atoms with Gasteiger partial charge in [0.15, 0.2) is 0 Å². The van der Waals surface area contributed by atoms with E-state index in [1.54, 1.807) is 0 Å². The number of H-pyrrole nitrogens is 2. The predicted octanol–water partition coefficient (Wildman–Crippen LogP) is 7.85. The Bertz CT molecular complexity index is 2190. The smallest absolute Gasteiger partial charge is 0.407 e. The number of nitrogens with one attached hydrogen (secondary N) is 4. The monoisotopic (exact) mass is 774 g/mol. The molecule has 3 amide bonds. The maximum absolute atomic E-state index is 13.6. The van der Waals surface area contributed by atoms with E-state index in [-0.39, 0.29) is 35.9 Å². The van der Waals surface area contributed by atoms with Gasteiger partial charge in [-0.05, 0) is 71.5 Å². The van der Waals surface area contributed by atoms with Gasteiger partial charge in [0.2, 0.25) is 5.91 Å². The minimum absolute atomic E-state index is 0.0306. The van der Waals surface area contributed by atoms with E-state index >= 15 is 0 Å². The Morgan fingerprint density at radius 3 is 1.98 bits per heavy atom.